The monoisotopic (exact) mass is 203 g/mol. The predicted molar refractivity (Wildman–Crippen MR) is 68.3 cm³/mol. The fraction of sp³-hybridized carbons (Fsp3) is 0.429. The predicted octanol–water partition coefficient (Wildman–Crippen LogP) is 4.32. The summed E-state index contributed by atoms with van der Waals surface area (Å²) in [6.07, 6.45) is 4.05. The Bertz CT molecular complexity index is 326. The SMILES string of the molecule is C=CNc1cccc(C(C)C)c1CCC. The van der Waals surface area contributed by atoms with Crippen LogP contribution in [0.5, 0.6) is 0 Å². The number of rotatable bonds is 5. The first-order valence-corrected chi connectivity index (χ1v) is 5.69. The van der Waals surface area contributed by atoms with E-state index >= 15 is 0 Å². The molecule has 0 saturated heterocycles. The maximum absolute atomic E-state index is 3.72. The smallest absolute Gasteiger partial charge is 0.0414 e. The second kappa shape index (κ2) is 5.59. The molecule has 0 atom stereocenters. The first-order valence-electron chi connectivity index (χ1n) is 5.69. The fourth-order valence-corrected chi connectivity index (χ4v) is 1.92. The topological polar surface area (TPSA) is 12.0 Å². The van der Waals surface area contributed by atoms with E-state index in [0.29, 0.717) is 5.92 Å². The lowest BCUT2D eigenvalue weighted by atomic mass is 9.93. The van der Waals surface area contributed by atoms with Crippen LogP contribution in [0.1, 0.15) is 44.2 Å². The van der Waals surface area contributed by atoms with Crippen molar-refractivity contribution in [1.82, 2.24) is 0 Å². The van der Waals surface area contributed by atoms with Crippen molar-refractivity contribution in [3.63, 3.8) is 0 Å². The highest BCUT2D eigenvalue weighted by atomic mass is 14.8. The molecule has 82 valence electrons. The molecule has 0 amide bonds. The highest BCUT2D eigenvalue weighted by Crippen LogP contribution is 2.27. The summed E-state index contributed by atoms with van der Waals surface area (Å²) >= 11 is 0. The van der Waals surface area contributed by atoms with E-state index in [9.17, 15) is 0 Å². The molecule has 1 heteroatoms. The molecule has 1 aromatic rings. The molecule has 0 aliphatic carbocycles. The Morgan fingerprint density at radius 2 is 2.13 bits per heavy atom. The van der Waals surface area contributed by atoms with E-state index in [-0.39, 0.29) is 0 Å². The van der Waals surface area contributed by atoms with Gasteiger partial charge in [-0.3, -0.25) is 0 Å². The minimum atomic E-state index is 0.582. The van der Waals surface area contributed by atoms with Gasteiger partial charge in [0.2, 0.25) is 0 Å². The van der Waals surface area contributed by atoms with Crippen LogP contribution in [0, 0.1) is 0 Å². The minimum absolute atomic E-state index is 0.582. The molecule has 0 fully saturated rings. The molecule has 1 aromatic carbocycles. The van der Waals surface area contributed by atoms with Crippen molar-refractivity contribution in [2.45, 2.75) is 39.5 Å². The molecule has 1 rings (SSSR count). The minimum Gasteiger partial charge on any atom is -0.362 e. The number of benzene rings is 1. The lowest BCUT2D eigenvalue weighted by Crippen LogP contribution is -2.01. The third-order valence-electron chi connectivity index (χ3n) is 2.59. The van der Waals surface area contributed by atoms with Crippen LogP contribution in [-0.4, -0.2) is 0 Å². The van der Waals surface area contributed by atoms with Crippen LogP contribution in [-0.2, 0) is 6.42 Å². The lowest BCUT2D eigenvalue weighted by Gasteiger charge is -2.16. The highest BCUT2D eigenvalue weighted by Gasteiger charge is 2.09. The molecule has 0 heterocycles. The Kier molecular flexibility index (Phi) is 4.41. The lowest BCUT2D eigenvalue weighted by molar-refractivity contribution is 0.822. The van der Waals surface area contributed by atoms with Crippen LogP contribution < -0.4 is 5.32 Å². The Morgan fingerprint density at radius 1 is 1.40 bits per heavy atom. The zero-order valence-electron chi connectivity index (χ0n) is 10.0. The van der Waals surface area contributed by atoms with Gasteiger partial charge in [-0.15, -0.1) is 0 Å². The van der Waals surface area contributed by atoms with Gasteiger partial charge in [-0.25, -0.2) is 0 Å². The zero-order valence-corrected chi connectivity index (χ0v) is 10.0. The first-order chi connectivity index (χ1) is 7.20. The van der Waals surface area contributed by atoms with Gasteiger partial charge in [0.1, 0.15) is 0 Å². The van der Waals surface area contributed by atoms with Gasteiger partial charge in [-0.2, -0.15) is 0 Å². The molecule has 0 radical (unpaired) electrons. The molecular weight excluding hydrogens is 182 g/mol. The van der Waals surface area contributed by atoms with Gasteiger partial charge < -0.3 is 5.32 Å². The highest BCUT2D eigenvalue weighted by molar-refractivity contribution is 5.57. The van der Waals surface area contributed by atoms with Gasteiger partial charge in [0.15, 0.2) is 0 Å². The average molecular weight is 203 g/mol. The van der Waals surface area contributed by atoms with E-state index in [2.05, 4.69) is 50.9 Å². The van der Waals surface area contributed by atoms with Crippen molar-refractivity contribution in [3.8, 4) is 0 Å². The van der Waals surface area contributed by atoms with Gasteiger partial charge in [-0.05, 0) is 35.7 Å². The van der Waals surface area contributed by atoms with Crippen LogP contribution >= 0.6 is 0 Å². The largest absolute Gasteiger partial charge is 0.362 e. The van der Waals surface area contributed by atoms with Crippen LogP contribution in [0.4, 0.5) is 5.69 Å². The Hall–Kier alpha value is -1.24. The second-order valence-corrected chi connectivity index (χ2v) is 4.13. The summed E-state index contributed by atoms with van der Waals surface area (Å²) < 4.78 is 0. The normalized spacial score (nSPS) is 10.4. The molecular formula is C14H21N. The van der Waals surface area contributed by atoms with Crippen molar-refractivity contribution in [2.75, 3.05) is 5.32 Å². The average Bonchev–Trinajstić information content (AvgIpc) is 2.21. The van der Waals surface area contributed by atoms with Crippen LogP contribution in [0.25, 0.3) is 0 Å². The Balaban J connectivity index is 3.14. The Morgan fingerprint density at radius 3 is 2.67 bits per heavy atom. The summed E-state index contributed by atoms with van der Waals surface area (Å²) in [5.74, 6) is 0.582. The molecule has 15 heavy (non-hydrogen) atoms. The molecule has 0 unspecified atom stereocenters. The van der Waals surface area contributed by atoms with Gasteiger partial charge in [0.25, 0.3) is 0 Å². The van der Waals surface area contributed by atoms with Crippen molar-refractivity contribution in [3.05, 3.63) is 42.1 Å². The molecule has 1 nitrogen and oxygen atoms in total. The van der Waals surface area contributed by atoms with E-state index < -0.39 is 0 Å². The quantitative estimate of drug-likeness (QED) is 0.751. The summed E-state index contributed by atoms with van der Waals surface area (Å²) in [6, 6.07) is 6.46. The number of nitrogens with one attached hydrogen (secondary N) is 1. The maximum atomic E-state index is 3.72. The van der Waals surface area contributed by atoms with Gasteiger partial charge in [0.05, 0.1) is 0 Å². The van der Waals surface area contributed by atoms with Crippen molar-refractivity contribution < 1.29 is 0 Å². The van der Waals surface area contributed by atoms with Gasteiger partial charge in [-0.1, -0.05) is 45.9 Å². The summed E-state index contributed by atoms with van der Waals surface area (Å²) in [5, 5.41) is 3.22. The Labute approximate surface area is 93.2 Å². The first kappa shape index (κ1) is 11.8. The molecule has 0 aliphatic heterocycles. The van der Waals surface area contributed by atoms with E-state index in [1.165, 1.54) is 23.2 Å². The molecule has 0 saturated carbocycles. The zero-order chi connectivity index (χ0) is 11.3. The summed E-state index contributed by atoms with van der Waals surface area (Å²) in [5.41, 5.74) is 4.09. The summed E-state index contributed by atoms with van der Waals surface area (Å²) in [7, 11) is 0. The maximum Gasteiger partial charge on any atom is 0.0414 e. The fourth-order valence-electron chi connectivity index (χ4n) is 1.92. The molecule has 0 aromatic heterocycles. The van der Waals surface area contributed by atoms with E-state index in [1.54, 1.807) is 6.20 Å². The number of hydrogen-bond acceptors (Lipinski definition) is 1. The van der Waals surface area contributed by atoms with Crippen molar-refractivity contribution in [1.29, 1.82) is 0 Å². The third-order valence-corrected chi connectivity index (χ3v) is 2.59. The molecule has 1 N–H and O–H groups in total. The van der Waals surface area contributed by atoms with Crippen LogP contribution in [0.15, 0.2) is 31.0 Å². The number of hydrogen-bond donors (Lipinski definition) is 1. The second-order valence-electron chi connectivity index (χ2n) is 4.13. The van der Waals surface area contributed by atoms with Crippen molar-refractivity contribution in [2.24, 2.45) is 0 Å². The summed E-state index contributed by atoms with van der Waals surface area (Å²) in [4.78, 5) is 0. The molecule has 0 aliphatic rings. The van der Waals surface area contributed by atoms with Crippen LogP contribution in [0.2, 0.25) is 0 Å². The van der Waals surface area contributed by atoms with E-state index in [0.717, 1.165) is 6.42 Å². The number of anilines is 1. The molecule has 0 spiro atoms. The van der Waals surface area contributed by atoms with Gasteiger partial charge in [0, 0.05) is 5.69 Å². The third kappa shape index (κ3) is 2.85. The van der Waals surface area contributed by atoms with E-state index in [1.807, 2.05) is 0 Å². The standard InChI is InChI=1S/C14H21N/c1-5-8-13-12(11(3)4)9-7-10-14(13)15-6-2/h6-7,9-11,15H,2,5,8H2,1,3-4H3. The van der Waals surface area contributed by atoms with Crippen molar-refractivity contribution >= 4 is 5.69 Å². The van der Waals surface area contributed by atoms with Crippen LogP contribution in [0.3, 0.4) is 0 Å². The van der Waals surface area contributed by atoms with Gasteiger partial charge >= 0.3 is 0 Å². The van der Waals surface area contributed by atoms with E-state index in [4.69, 9.17) is 0 Å². The molecule has 0 bridgehead atoms. The summed E-state index contributed by atoms with van der Waals surface area (Å²) in [6.45, 7) is 10.4.